The SMILES string of the molecule is CCC/C=C\C/C=C\CCCCCCCC(=O)OC(COC(=O)CCCCCCCCCCCC)COC(=O)CCCCCCCCCCCCCCCCCCC. The Balaban J connectivity index is 4.30. The summed E-state index contributed by atoms with van der Waals surface area (Å²) in [5, 5.41) is 0. The van der Waals surface area contributed by atoms with Crippen LogP contribution in [-0.4, -0.2) is 37.2 Å². The monoisotopic (exact) mass is 817 g/mol. The molecule has 0 aromatic heterocycles. The summed E-state index contributed by atoms with van der Waals surface area (Å²) in [5.74, 6) is -0.876. The van der Waals surface area contributed by atoms with E-state index in [0.717, 1.165) is 89.9 Å². The van der Waals surface area contributed by atoms with Crippen molar-refractivity contribution in [2.24, 2.45) is 0 Å². The fourth-order valence-electron chi connectivity index (χ4n) is 7.36. The van der Waals surface area contributed by atoms with Crippen molar-refractivity contribution in [3.63, 3.8) is 0 Å². The van der Waals surface area contributed by atoms with Gasteiger partial charge in [0.25, 0.3) is 0 Å². The molecule has 1 unspecified atom stereocenters. The second-order valence-corrected chi connectivity index (χ2v) is 17.1. The third-order valence-corrected chi connectivity index (χ3v) is 11.2. The zero-order valence-corrected chi connectivity index (χ0v) is 38.8. The summed E-state index contributed by atoms with van der Waals surface area (Å²) in [5.41, 5.74) is 0. The van der Waals surface area contributed by atoms with Crippen molar-refractivity contribution in [3.05, 3.63) is 24.3 Å². The highest BCUT2D eigenvalue weighted by Crippen LogP contribution is 2.16. The molecule has 0 heterocycles. The molecule has 0 aliphatic carbocycles. The number of rotatable bonds is 46. The van der Waals surface area contributed by atoms with Gasteiger partial charge in [0.1, 0.15) is 13.2 Å². The number of carbonyl (C=O) groups is 3. The maximum Gasteiger partial charge on any atom is 0.306 e. The van der Waals surface area contributed by atoms with Gasteiger partial charge in [0.05, 0.1) is 0 Å². The number of hydrogen-bond acceptors (Lipinski definition) is 6. The van der Waals surface area contributed by atoms with E-state index in [2.05, 4.69) is 45.1 Å². The molecule has 1 atom stereocenters. The minimum Gasteiger partial charge on any atom is -0.462 e. The van der Waals surface area contributed by atoms with Gasteiger partial charge in [-0.15, -0.1) is 0 Å². The summed E-state index contributed by atoms with van der Waals surface area (Å²) in [7, 11) is 0. The molecule has 0 N–H and O–H groups in total. The van der Waals surface area contributed by atoms with Crippen LogP contribution >= 0.6 is 0 Å². The molecule has 58 heavy (non-hydrogen) atoms. The minimum absolute atomic E-state index is 0.0724. The lowest BCUT2D eigenvalue weighted by Gasteiger charge is -2.18. The summed E-state index contributed by atoms with van der Waals surface area (Å²) in [6.07, 6.45) is 53.0. The summed E-state index contributed by atoms with van der Waals surface area (Å²) in [6.45, 7) is 6.57. The Bertz CT molecular complexity index is 942. The van der Waals surface area contributed by atoms with E-state index in [1.165, 1.54) is 141 Å². The van der Waals surface area contributed by atoms with Crippen molar-refractivity contribution in [1.82, 2.24) is 0 Å². The zero-order chi connectivity index (χ0) is 42.3. The quantitative estimate of drug-likeness (QED) is 0.0263. The number of ether oxygens (including phenoxy) is 3. The van der Waals surface area contributed by atoms with E-state index < -0.39 is 6.10 Å². The van der Waals surface area contributed by atoms with E-state index in [1.807, 2.05) is 0 Å². The molecule has 6 nitrogen and oxygen atoms in total. The van der Waals surface area contributed by atoms with E-state index in [1.54, 1.807) is 0 Å². The van der Waals surface area contributed by atoms with Gasteiger partial charge in [-0.05, 0) is 44.9 Å². The van der Waals surface area contributed by atoms with Crippen LogP contribution < -0.4 is 0 Å². The predicted molar refractivity (Wildman–Crippen MR) is 247 cm³/mol. The average Bonchev–Trinajstić information content (AvgIpc) is 3.22. The Labute approximate surface area is 360 Å². The highest BCUT2D eigenvalue weighted by atomic mass is 16.6. The Morgan fingerprint density at radius 3 is 1.02 bits per heavy atom. The average molecular weight is 817 g/mol. The number of allylic oxidation sites excluding steroid dienone is 4. The van der Waals surface area contributed by atoms with E-state index >= 15 is 0 Å². The largest absolute Gasteiger partial charge is 0.462 e. The van der Waals surface area contributed by atoms with Crippen LogP contribution in [0.2, 0.25) is 0 Å². The maximum atomic E-state index is 12.7. The van der Waals surface area contributed by atoms with Crippen molar-refractivity contribution in [3.8, 4) is 0 Å². The number of hydrogen-bond donors (Lipinski definition) is 0. The first-order valence-corrected chi connectivity index (χ1v) is 25.3. The number of unbranched alkanes of at least 4 members (excludes halogenated alkanes) is 31. The molecule has 0 rings (SSSR count). The standard InChI is InChI=1S/C52H96O6/c1-4-7-10-13-16-19-22-24-25-26-27-29-30-33-36-39-42-45-51(54)57-48-49(47-56-50(53)44-41-38-35-32-21-18-15-12-9-6-3)58-52(55)46-43-40-37-34-31-28-23-20-17-14-11-8-5-2/h11,14,20,23,49H,4-10,12-13,15-19,21-22,24-48H2,1-3H3/b14-11-,23-20-. The van der Waals surface area contributed by atoms with Crippen LogP contribution in [0.1, 0.15) is 271 Å². The molecule has 0 radical (unpaired) electrons. The summed E-state index contributed by atoms with van der Waals surface area (Å²) >= 11 is 0. The second kappa shape index (κ2) is 47.6. The Hall–Kier alpha value is -2.11. The van der Waals surface area contributed by atoms with Crippen LogP contribution in [0.3, 0.4) is 0 Å². The molecular weight excluding hydrogens is 721 g/mol. The van der Waals surface area contributed by atoms with Crippen LogP contribution in [0.15, 0.2) is 24.3 Å². The fraction of sp³-hybridized carbons (Fsp3) is 0.865. The Kier molecular flexibility index (Phi) is 45.8. The summed E-state index contributed by atoms with van der Waals surface area (Å²) < 4.78 is 16.8. The van der Waals surface area contributed by atoms with Gasteiger partial charge >= 0.3 is 17.9 Å². The normalized spacial score (nSPS) is 12.1. The molecule has 6 heteroatoms. The van der Waals surface area contributed by atoms with Crippen LogP contribution in [-0.2, 0) is 28.6 Å². The van der Waals surface area contributed by atoms with Crippen LogP contribution in [0.25, 0.3) is 0 Å². The van der Waals surface area contributed by atoms with Crippen LogP contribution in [0.5, 0.6) is 0 Å². The van der Waals surface area contributed by atoms with Gasteiger partial charge in [-0.3, -0.25) is 14.4 Å². The van der Waals surface area contributed by atoms with E-state index in [-0.39, 0.29) is 31.1 Å². The molecule has 0 aromatic rings. The van der Waals surface area contributed by atoms with Gasteiger partial charge in [0.15, 0.2) is 6.10 Å². The van der Waals surface area contributed by atoms with E-state index in [4.69, 9.17) is 14.2 Å². The van der Waals surface area contributed by atoms with E-state index in [0.29, 0.717) is 19.3 Å². The maximum absolute atomic E-state index is 12.7. The molecule has 0 spiro atoms. The molecule has 0 bridgehead atoms. The molecule has 0 fully saturated rings. The van der Waals surface area contributed by atoms with Gasteiger partial charge in [-0.2, -0.15) is 0 Å². The minimum atomic E-state index is -0.771. The lowest BCUT2D eigenvalue weighted by molar-refractivity contribution is -0.167. The first-order valence-electron chi connectivity index (χ1n) is 25.3. The second-order valence-electron chi connectivity index (χ2n) is 17.1. The van der Waals surface area contributed by atoms with Crippen molar-refractivity contribution < 1.29 is 28.6 Å². The van der Waals surface area contributed by atoms with Crippen LogP contribution in [0, 0.1) is 0 Å². The van der Waals surface area contributed by atoms with Gasteiger partial charge in [-0.25, -0.2) is 0 Å². The van der Waals surface area contributed by atoms with E-state index in [9.17, 15) is 14.4 Å². The molecule has 0 saturated heterocycles. The first-order chi connectivity index (χ1) is 28.5. The molecular formula is C52H96O6. The zero-order valence-electron chi connectivity index (χ0n) is 38.8. The molecule has 0 saturated carbocycles. The molecule has 0 aliphatic heterocycles. The molecule has 0 aliphatic rings. The lowest BCUT2D eigenvalue weighted by atomic mass is 10.0. The number of carbonyl (C=O) groups excluding carboxylic acids is 3. The Morgan fingerprint density at radius 1 is 0.345 bits per heavy atom. The highest BCUT2D eigenvalue weighted by molar-refractivity contribution is 5.71. The molecule has 0 aromatic carbocycles. The highest BCUT2D eigenvalue weighted by Gasteiger charge is 2.19. The summed E-state index contributed by atoms with van der Waals surface area (Å²) in [4.78, 5) is 37.8. The lowest BCUT2D eigenvalue weighted by Crippen LogP contribution is -2.30. The van der Waals surface area contributed by atoms with Gasteiger partial charge in [0, 0.05) is 19.3 Å². The van der Waals surface area contributed by atoms with Crippen molar-refractivity contribution in [2.45, 2.75) is 277 Å². The number of esters is 3. The van der Waals surface area contributed by atoms with Crippen molar-refractivity contribution in [1.29, 1.82) is 0 Å². The summed E-state index contributed by atoms with van der Waals surface area (Å²) in [6, 6.07) is 0. The van der Waals surface area contributed by atoms with Gasteiger partial charge in [-0.1, -0.05) is 231 Å². The van der Waals surface area contributed by atoms with Gasteiger partial charge < -0.3 is 14.2 Å². The Morgan fingerprint density at radius 2 is 0.655 bits per heavy atom. The predicted octanol–water partition coefficient (Wildman–Crippen LogP) is 16.4. The van der Waals surface area contributed by atoms with Crippen molar-refractivity contribution >= 4 is 17.9 Å². The fourth-order valence-corrected chi connectivity index (χ4v) is 7.36. The first kappa shape index (κ1) is 55.9. The van der Waals surface area contributed by atoms with Crippen LogP contribution in [0.4, 0.5) is 0 Å². The van der Waals surface area contributed by atoms with Crippen molar-refractivity contribution in [2.75, 3.05) is 13.2 Å². The molecule has 0 amide bonds. The van der Waals surface area contributed by atoms with Gasteiger partial charge in [0.2, 0.25) is 0 Å². The third-order valence-electron chi connectivity index (χ3n) is 11.2. The molecule has 340 valence electrons. The smallest absolute Gasteiger partial charge is 0.306 e. The topological polar surface area (TPSA) is 78.9 Å². The third kappa shape index (κ3) is 45.0.